The first-order valence-electron chi connectivity index (χ1n) is 15.3. The zero-order chi connectivity index (χ0) is 33.7. The number of hydrogen-bond acceptors (Lipinski definition) is 8. The Morgan fingerprint density at radius 3 is 1.94 bits per heavy atom. The van der Waals surface area contributed by atoms with Gasteiger partial charge in [0.15, 0.2) is 12.4 Å². The molecule has 246 valence electrons. The maximum absolute atomic E-state index is 15.7. The van der Waals surface area contributed by atoms with Crippen LogP contribution in [0.3, 0.4) is 0 Å². The molecule has 0 radical (unpaired) electrons. The highest BCUT2D eigenvalue weighted by molar-refractivity contribution is 6.03. The topological polar surface area (TPSA) is 121 Å². The molecule has 4 atom stereocenters. The number of nitrogens with one attached hydrogen (secondary N) is 1. The lowest BCUT2D eigenvalue weighted by molar-refractivity contribution is -0.0950. The summed E-state index contributed by atoms with van der Waals surface area (Å²) in [5.41, 5.74) is 0.549. The zero-order valence-electron chi connectivity index (χ0n) is 26.2. The van der Waals surface area contributed by atoms with E-state index >= 15 is 4.39 Å². The number of ether oxygens (including phenoxy) is 4. The number of methoxy groups -OCH3 is 2. The number of halogens is 1. The number of carbonyl (C=O) groups is 1. The summed E-state index contributed by atoms with van der Waals surface area (Å²) in [4.78, 5) is 29.4. The van der Waals surface area contributed by atoms with Crippen LogP contribution in [0, 0.1) is 0 Å². The number of nitrogens with zero attached hydrogens (tertiary/aromatic N) is 2. The standard InChI is InChI=1S/C37H34FN3O7/c1-45-28-17-13-26(14-18-28)37(25-11-7-4-8-12-25,27-15-19-29(46-2)20-16-27)47-23-30-33(42)32(38)35(48-30)41-22-21-31(40-36(41)44)39-34(43)24-9-5-3-6-10-24/h3-22,30,32-33,35,42H,23H2,1-2H3,(H,39,40,43,44)/t30?,32-,33?,35?/m1/s1. The Kier molecular flexibility index (Phi) is 9.62. The predicted molar refractivity (Wildman–Crippen MR) is 176 cm³/mol. The number of aliphatic hydroxyl groups excluding tert-OH is 1. The number of aromatic nitrogens is 2. The summed E-state index contributed by atoms with van der Waals surface area (Å²) in [5, 5.41) is 13.6. The van der Waals surface area contributed by atoms with Crippen LogP contribution in [0.2, 0.25) is 0 Å². The average Bonchev–Trinajstić information content (AvgIpc) is 3.42. The molecule has 1 aliphatic rings. The summed E-state index contributed by atoms with van der Waals surface area (Å²) in [6.45, 7) is -0.252. The molecule has 1 saturated heterocycles. The van der Waals surface area contributed by atoms with Gasteiger partial charge in [0, 0.05) is 11.8 Å². The van der Waals surface area contributed by atoms with Crippen molar-refractivity contribution in [3.63, 3.8) is 0 Å². The third kappa shape index (κ3) is 6.43. The number of hydrogen-bond donors (Lipinski definition) is 2. The number of amides is 1. The van der Waals surface area contributed by atoms with Crippen LogP contribution in [0.1, 0.15) is 33.3 Å². The predicted octanol–water partition coefficient (Wildman–Crippen LogP) is 5.12. The van der Waals surface area contributed by atoms with Crippen LogP contribution in [0.4, 0.5) is 10.2 Å². The molecule has 6 rings (SSSR count). The first-order valence-corrected chi connectivity index (χ1v) is 15.3. The van der Waals surface area contributed by atoms with Gasteiger partial charge < -0.3 is 29.4 Å². The van der Waals surface area contributed by atoms with Gasteiger partial charge in [0.25, 0.3) is 5.91 Å². The maximum Gasteiger partial charge on any atom is 0.351 e. The van der Waals surface area contributed by atoms with Gasteiger partial charge in [-0.25, -0.2) is 9.18 Å². The van der Waals surface area contributed by atoms with E-state index in [1.54, 1.807) is 44.6 Å². The minimum Gasteiger partial charge on any atom is -0.497 e. The molecule has 2 heterocycles. The summed E-state index contributed by atoms with van der Waals surface area (Å²) in [7, 11) is 3.16. The first kappa shape index (κ1) is 32.6. The molecule has 4 aromatic carbocycles. The fraction of sp³-hybridized carbons (Fsp3) is 0.216. The molecular weight excluding hydrogens is 617 g/mol. The van der Waals surface area contributed by atoms with Gasteiger partial charge in [-0.05, 0) is 59.2 Å². The molecular formula is C37H34FN3O7. The summed E-state index contributed by atoms with van der Waals surface area (Å²) in [5.74, 6) is 0.838. The highest BCUT2D eigenvalue weighted by atomic mass is 19.1. The third-order valence-electron chi connectivity index (χ3n) is 8.31. The second-order valence-corrected chi connectivity index (χ2v) is 11.1. The van der Waals surface area contributed by atoms with E-state index in [0.29, 0.717) is 17.1 Å². The minimum atomic E-state index is -1.98. The van der Waals surface area contributed by atoms with Gasteiger partial charge in [-0.3, -0.25) is 9.36 Å². The number of alkyl halides is 1. The van der Waals surface area contributed by atoms with E-state index in [0.717, 1.165) is 21.3 Å². The third-order valence-corrected chi connectivity index (χ3v) is 8.31. The molecule has 1 aliphatic heterocycles. The highest BCUT2D eigenvalue weighted by Gasteiger charge is 2.48. The summed E-state index contributed by atoms with van der Waals surface area (Å²) < 4.78 is 40.1. The van der Waals surface area contributed by atoms with Gasteiger partial charge >= 0.3 is 5.69 Å². The van der Waals surface area contributed by atoms with Crippen molar-refractivity contribution in [3.8, 4) is 11.5 Å². The largest absolute Gasteiger partial charge is 0.497 e. The van der Waals surface area contributed by atoms with Crippen molar-refractivity contribution in [3.05, 3.63) is 154 Å². The quantitative estimate of drug-likeness (QED) is 0.189. The second kappa shape index (κ2) is 14.2. The molecule has 48 heavy (non-hydrogen) atoms. The molecule has 10 nitrogen and oxygen atoms in total. The molecule has 5 aromatic rings. The van der Waals surface area contributed by atoms with E-state index in [1.807, 2.05) is 78.9 Å². The van der Waals surface area contributed by atoms with Gasteiger partial charge in [-0.15, -0.1) is 0 Å². The fourth-order valence-electron chi connectivity index (χ4n) is 5.80. The molecule has 0 saturated carbocycles. The number of aliphatic hydroxyl groups is 1. The fourth-order valence-corrected chi connectivity index (χ4v) is 5.80. The van der Waals surface area contributed by atoms with Crippen molar-refractivity contribution >= 4 is 11.7 Å². The van der Waals surface area contributed by atoms with Crippen LogP contribution >= 0.6 is 0 Å². The van der Waals surface area contributed by atoms with Crippen molar-refractivity contribution in [2.75, 3.05) is 26.1 Å². The number of anilines is 1. The smallest absolute Gasteiger partial charge is 0.351 e. The van der Waals surface area contributed by atoms with Gasteiger partial charge in [-0.2, -0.15) is 4.98 Å². The van der Waals surface area contributed by atoms with E-state index in [2.05, 4.69) is 10.3 Å². The number of benzene rings is 4. The summed E-state index contributed by atoms with van der Waals surface area (Å²) in [6, 6.07) is 34.1. The van der Waals surface area contributed by atoms with Crippen LogP contribution in [-0.2, 0) is 15.1 Å². The summed E-state index contributed by atoms with van der Waals surface area (Å²) in [6.07, 6.45) is -4.98. The van der Waals surface area contributed by atoms with E-state index < -0.39 is 41.8 Å². The van der Waals surface area contributed by atoms with E-state index in [1.165, 1.54) is 12.3 Å². The molecule has 11 heteroatoms. The Hall–Kier alpha value is -5.36. The Morgan fingerprint density at radius 2 is 1.40 bits per heavy atom. The number of rotatable bonds is 11. The number of carbonyl (C=O) groups excluding carboxylic acids is 1. The monoisotopic (exact) mass is 651 g/mol. The lowest BCUT2D eigenvalue weighted by atomic mass is 9.80. The summed E-state index contributed by atoms with van der Waals surface area (Å²) >= 11 is 0. The van der Waals surface area contributed by atoms with Gasteiger partial charge in [0.05, 0.1) is 20.8 Å². The Balaban J connectivity index is 1.29. The van der Waals surface area contributed by atoms with Crippen molar-refractivity contribution in [2.24, 2.45) is 0 Å². The molecule has 0 bridgehead atoms. The van der Waals surface area contributed by atoms with Crippen molar-refractivity contribution in [1.82, 2.24) is 9.55 Å². The van der Waals surface area contributed by atoms with E-state index in [-0.39, 0.29) is 12.4 Å². The van der Waals surface area contributed by atoms with Gasteiger partial charge in [0.1, 0.15) is 35.1 Å². The molecule has 1 aromatic heterocycles. The zero-order valence-corrected chi connectivity index (χ0v) is 26.2. The Morgan fingerprint density at radius 1 is 0.854 bits per heavy atom. The second-order valence-electron chi connectivity index (χ2n) is 11.1. The van der Waals surface area contributed by atoms with Crippen LogP contribution < -0.4 is 20.5 Å². The highest BCUT2D eigenvalue weighted by Crippen LogP contribution is 2.43. The lowest BCUT2D eigenvalue weighted by Gasteiger charge is -2.37. The molecule has 3 unspecified atom stereocenters. The average molecular weight is 652 g/mol. The van der Waals surface area contributed by atoms with E-state index in [9.17, 15) is 14.7 Å². The van der Waals surface area contributed by atoms with Crippen molar-refractivity contribution < 1.29 is 33.2 Å². The molecule has 0 spiro atoms. The van der Waals surface area contributed by atoms with Crippen LogP contribution in [0.25, 0.3) is 0 Å². The Labute approximate surface area is 276 Å². The van der Waals surface area contributed by atoms with Gasteiger partial charge in [-0.1, -0.05) is 72.8 Å². The normalized spacial score (nSPS) is 19.1. The maximum atomic E-state index is 15.7. The van der Waals surface area contributed by atoms with E-state index in [4.69, 9.17) is 18.9 Å². The van der Waals surface area contributed by atoms with Crippen LogP contribution in [0.5, 0.6) is 11.5 Å². The lowest BCUT2D eigenvalue weighted by Crippen LogP contribution is -2.39. The molecule has 0 aliphatic carbocycles. The Bertz CT molecular complexity index is 1840. The molecule has 1 amide bonds. The SMILES string of the molecule is COc1ccc(C(OCC2OC(n3ccc(NC(=O)c4ccccc4)nc3=O)[C@H](F)C2O)(c2ccccc2)c2ccc(OC)cc2)cc1. The van der Waals surface area contributed by atoms with Crippen molar-refractivity contribution in [1.29, 1.82) is 0 Å². The molecule has 2 N–H and O–H groups in total. The van der Waals surface area contributed by atoms with Crippen LogP contribution in [0.15, 0.2) is 126 Å². The van der Waals surface area contributed by atoms with Crippen molar-refractivity contribution in [2.45, 2.75) is 30.2 Å². The first-order chi connectivity index (χ1) is 23.3. The molecule has 1 fully saturated rings. The van der Waals surface area contributed by atoms with Crippen LogP contribution in [-0.4, -0.2) is 59.8 Å². The minimum absolute atomic E-state index is 0.00873. The van der Waals surface area contributed by atoms with Gasteiger partial charge in [0.2, 0.25) is 0 Å².